The quantitative estimate of drug-likeness (QED) is 0.514. The van der Waals surface area contributed by atoms with E-state index in [1.165, 1.54) is 0 Å². The highest BCUT2D eigenvalue weighted by Crippen LogP contribution is 2.35. The summed E-state index contributed by atoms with van der Waals surface area (Å²) in [5.74, 6) is 0.165. The lowest BCUT2D eigenvalue weighted by atomic mass is 10.1. The minimum Gasteiger partial charge on any atom is -0.293 e. The zero-order valence-electron chi connectivity index (χ0n) is 6.89. The fourth-order valence-corrected chi connectivity index (χ4v) is 5.10. The fourth-order valence-electron chi connectivity index (χ4n) is 1.14. The molecule has 1 heterocycles. The summed E-state index contributed by atoms with van der Waals surface area (Å²) < 4.78 is 2.76. The van der Waals surface area contributed by atoms with Gasteiger partial charge in [-0.1, -0.05) is 35.0 Å². The van der Waals surface area contributed by atoms with Crippen molar-refractivity contribution in [3.8, 4) is 0 Å². The number of ketones is 1. The number of hydrogen-bond acceptors (Lipinski definition) is 2. The first-order chi connectivity index (χ1) is 6.68. The number of fused-ring (bicyclic) bond motifs is 1. The Labute approximate surface area is 106 Å². The van der Waals surface area contributed by atoms with Crippen LogP contribution in [0.3, 0.4) is 0 Å². The van der Waals surface area contributed by atoms with Crippen molar-refractivity contribution in [1.29, 1.82) is 0 Å². The molecule has 1 aromatic rings. The van der Waals surface area contributed by atoms with Crippen LogP contribution in [0, 0.1) is 0 Å². The van der Waals surface area contributed by atoms with E-state index >= 15 is 0 Å². The van der Waals surface area contributed by atoms with E-state index in [1.54, 1.807) is 23.9 Å². The molecule has 0 unspecified atom stereocenters. The predicted octanol–water partition coefficient (Wildman–Crippen LogP) is 4.01. The number of hydrogen-bond donors (Lipinski definition) is 0. The van der Waals surface area contributed by atoms with Crippen molar-refractivity contribution in [2.75, 3.05) is 4.43 Å². The van der Waals surface area contributed by atoms with Gasteiger partial charge in [0.1, 0.15) is 0 Å². The SMILES string of the molecule is O=C1CI=CSc2c(Cl)cc(Cl)cc21. The summed E-state index contributed by atoms with van der Waals surface area (Å²) in [7, 11) is 0. The minimum atomic E-state index is -0.137. The van der Waals surface area contributed by atoms with E-state index in [9.17, 15) is 4.79 Å². The number of alkyl halides is 1. The maximum Gasteiger partial charge on any atom is 0.173 e. The predicted molar refractivity (Wildman–Crippen MR) is 71.6 cm³/mol. The maximum atomic E-state index is 11.7. The molecule has 0 aromatic heterocycles. The normalized spacial score (nSPS) is 15.7. The molecular formula is C9H5Cl2IOS. The number of thioether (sulfide) groups is 1. The number of carbonyl (C=O) groups excluding carboxylic acids is 1. The second-order valence-corrected chi connectivity index (χ2v) is 7.52. The third kappa shape index (κ3) is 2.15. The number of rotatable bonds is 0. The number of halogens is 3. The number of Topliss-reactive ketones (excluding diaryl/α,β-unsaturated/α-hetero) is 1. The highest BCUT2D eigenvalue weighted by atomic mass is 127. The van der Waals surface area contributed by atoms with Crippen molar-refractivity contribution in [3.05, 3.63) is 27.7 Å². The molecule has 0 N–H and O–H groups in total. The summed E-state index contributed by atoms with van der Waals surface area (Å²) in [6.45, 7) is 0. The molecule has 0 radical (unpaired) electrons. The van der Waals surface area contributed by atoms with Crippen LogP contribution < -0.4 is 0 Å². The first kappa shape index (κ1) is 10.9. The van der Waals surface area contributed by atoms with Crippen molar-refractivity contribution in [2.45, 2.75) is 4.90 Å². The molecule has 0 atom stereocenters. The van der Waals surface area contributed by atoms with Crippen molar-refractivity contribution in [2.24, 2.45) is 0 Å². The number of benzene rings is 1. The van der Waals surface area contributed by atoms with Gasteiger partial charge in [-0.3, -0.25) is 4.79 Å². The van der Waals surface area contributed by atoms with Gasteiger partial charge >= 0.3 is 0 Å². The van der Waals surface area contributed by atoms with Gasteiger partial charge in [0.05, 0.1) is 9.45 Å². The monoisotopic (exact) mass is 358 g/mol. The van der Waals surface area contributed by atoms with Gasteiger partial charge in [-0.15, -0.1) is 20.7 Å². The van der Waals surface area contributed by atoms with Crippen LogP contribution in [0.5, 0.6) is 0 Å². The summed E-state index contributed by atoms with van der Waals surface area (Å²) in [5.41, 5.74) is 0.681. The summed E-state index contributed by atoms with van der Waals surface area (Å²) in [6.07, 6.45) is 0. The van der Waals surface area contributed by atoms with Crippen LogP contribution in [0.4, 0.5) is 0 Å². The minimum absolute atomic E-state index is 0.137. The van der Waals surface area contributed by atoms with E-state index in [1.807, 2.05) is 0 Å². The summed E-state index contributed by atoms with van der Waals surface area (Å²) in [4.78, 5) is 12.5. The van der Waals surface area contributed by atoms with Crippen LogP contribution >= 0.6 is 55.7 Å². The maximum absolute atomic E-state index is 11.7. The van der Waals surface area contributed by atoms with E-state index in [0.717, 1.165) is 4.90 Å². The van der Waals surface area contributed by atoms with Crippen molar-refractivity contribution >= 4 is 64.8 Å². The summed E-state index contributed by atoms with van der Waals surface area (Å²) >= 11 is 13.3. The lowest BCUT2D eigenvalue weighted by molar-refractivity contribution is 0.102. The Morgan fingerprint density at radius 2 is 2.14 bits per heavy atom. The molecule has 74 valence electrons. The standard InChI is InChI=1S/C9H5Cl2IOS/c10-5-1-6-8(13)3-12-4-14-9(6)7(11)2-5/h1-2,4H,3H2. The molecule has 5 heteroatoms. The Bertz CT molecular complexity index is 431. The second kappa shape index (κ2) is 4.51. The molecule has 0 saturated carbocycles. The largest absolute Gasteiger partial charge is 0.293 e. The average Bonchev–Trinajstić information content (AvgIpc) is 2.29. The van der Waals surface area contributed by atoms with Gasteiger partial charge < -0.3 is 0 Å². The highest BCUT2D eigenvalue weighted by molar-refractivity contribution is 14.2. The van der Waals surface area contributed by atoms with Crippen molar-refractivity contribution in [3.63, 3.8) is 0 Å². The highest BCUT2D eigenvalue weighted by Gasteiger charge is 2.17. The van der Waals surface area contributed by atoms with Gasteiger partial charge in [0.2, 0.25) is 0 Å². The fraction of sp³-hybridized carbons (Fsp3) is 0.111. The molecule has 0 spiro atoms. The Morgan fingerprint density at radius 3 is 2.93 bits per heavy atom. The molecule has 0 saturated heterocycles. The van der Waals surface area contributed by atoms with Gasteiger partial charge in [-0.2, -0.15) is 0 Å². The molecule has 1 nitrogen and oxygen atoms in total. The molecule has 0 fully saturated rings. The lowest BCUT2D eigenvalue weighted by Gasteiger charge is -2.05. The molecular weight excluding hydrogens is 354 g/mol. The molecule has 0 aliphatic carbocycles. The first-order valence-electron chi connectivity index (χ1n) is 3.77. The second-order valence-electron chi connectivity index (χ2n) is 2.68. The van der Waals surface area contributed by atoms with Gasteiger partial charge in [-0.25, -0.2) is 0 Å². The lowest BCUT2D eigenvalue weighted by Crippen LogP contribution is -2.01. The number of carbonyl (C=O) groups is 1. The topological polar surface area (TPSA) is 17.1 Å². The zero-order chi connectivity index (χ0) is 10.1. The molecule has 2 rings (SSSR count). The van der Waals surface area contributed by atoms with Crippen LogP contribution in [-0.2, 0) is 0 Å². The Balaban J connectivity index is 2.63. The van der Waals surface area contributed by atoms with Crippen LogP contribution in [0.1, 0.15) is 10.4 Å². The van der Waals surface area contributed by atoms with E-state index in [2.05, 4.69) is 3.34 Å². The third-order valence-electron chi connectivity index (χ3n) is 1.73. The zero-order valence-corrected chi connectivity index (χ0v) is 11.4. The molecule has 14 heavy (non-hydrogen) atoms. The molecule has 1 aliphatic heterocycles. The third-order valence-corrected chi connectivity index (χ3v) is 6.23. The van der Waals surface area contributed by atoms with Gasteiger partial charge in [0.15, 0.2) is 5.78 Å². The van der Waals surface area contributed by atoms with E-state index < -0.39 is 0 Å². The van der Waals surface area contributed by atoms with Crippen molar-refractivity contribution in [1.82, 2.24) is 0 Å². The Kier molecular flexibility index (Phi) is 3.52. The van der Waals surface area contributed by atoms with E-state index in [4.69, 9.17) is 23.2 Å². The van der Waals surface area contributed by atoms with Crippen LogP contribution in [0.15, 0.2) is 17.0 Å². The van der Waals surface area contributed by atoms with Gasteiger partial charge in [-0.05, 0) is 12.1 Å². The summed E-state index contributed by atoms with van der Waals surface area (Å²) in [6, 6.07) is 3.39. The van der Waals surface area contributed by atoms with E-state index in [0.29, 0.717) is 20.0 Å². The Morgan fingerprint density at radius 1 is 1.36 bits per heavy atom. The Hall–Kier alpha value is 0.420. The van der Waals surface area contributed by atoms with Crippen LogP contribution in [0.25, 0.3) is 0 Å². The first-order valence-corrected chi connectivity index (χ1v) is 8.17. The van der Waals surface area contributed by atoms with Gasteiger partial charge in [0, 0.05) is 18.8 Å². The molecule has 1 aromatic carbocycles. The average molecular weight is 359 g/mol. The van der Waals surface area contributed by atoms with Crippen LogP contribution in [0.2, 0.25) is 10.0 Å². The van der Waals surface area contributed by atoms with Crippen molar-refractivity contribution < 1.29 is 4.79 Å². The summed E-state index contributed by atoms with van der Waals surface area (Å²) in [5, 5.41) is 1.11. The van der Waals surface area contributed by atoms with E-state index in [-0.39, 0.29) is 26.5 Å². The van der Waals surface area contributed by atoms with Gasteiger partial charge in [0.25, 0.3) is 0 Å². The van der Waals surface area contributed by atoms with Crippen LogP contribution in [-0.4, -0.2) is 13.6 Å². The molecule has 1 aliphatic rings. The smallest absolute Gasteiger partial charge is 0.173 e. The molecule has 0 bridgehead atoms. The molecule has 0 amide bonds.